The molecule has 0 unspecified atom stereocenters. The van der Waals surface area contributed by atoms with Crippen LogP contribution < -0.4 is 0 Å². The molecular weight excluding hydrogens is 226 g/mol. The maximum absolute atomic E-state index is 4.47. The van der Waals surface area contributed by atoms with E-state index in [1.807, 2.05) is 30.3 Å². The summed E-state index contributed by atoms with van der Waals surface area (Å²) in [6.07, 6.45) is 3.19. The lowest BCUT2D eigenvalue weighted by Crippen LogP contribution is -1.84. The van der Waals surface area contributed by atoms with Crippen molar-refractivity contribution in [1.29, 1.82) is 0 Å². The lowest BCUT2D eigenvalue weighted by Gasteiger charge is -1.99. The minimum atomic E-state index is 0.662. The van der Waals surface area contributed by atoms with Crippen LogP contribution in [0, 0.1) is 0 Å². The number of fused-ring (bicyclic) bond motifs is 4. The molecule has 5 nitrogen and oxygen atoms in total. The summed E-state index contributed by atoms with van der Waals surface area (Å²) in [6.45, 7) is 0. The van der Waals surface area contributed by atoms with Gasteiger partial charge in [-0.25, -0.2) is 15.0 Å². The molecule has 4 rings (SSSR count). The predicted octanol–water partition coefficient (Wildman–Crippen LogP) is 2.12. The summed E-state index contributed by atoms with van der Waals surface area (Å²) in [4.78, 5) is 12.7. The van der Waals surface area contributed by atoms with E-state index in [0.717, 1.165) is 27.3 Å². The average molecular weight is 233 g/mol. The summed E-state index contributed by atoms with van der Waals surface area (Å²) in [5.41, 5.74) is 3.13. The quantitative estimate of drug-likeness (QED) is 0.465. The van der Waals surface area contributed by atoms with Gasteiger partial charge in [-0.1, -0.05) is 12.1 Å². The molecular formula is C13H7N5. The Morgan fingerprint density at radius 1 is 0.944 bits per heavy atom. The number of aromatic nitrogens is 5. The molecule has 0 amide bonds. The molecule has 0 atom stereocenters. The van der Waals surface area contributed by atoms with E-state index in [4.69, 9.17) is 0 Å². The molecule has 0 bridgehead atoms. The van der Waals surface area contributed by atoms with E-state index in [2.05, 4.69) is 25.1 Å². The van der Waals surface area contributed by atoms with E-state index in [1.54, 1.807) is 6.20 Å². The Kier molecular flexibility index (Phi) is 1.77. The van der Waals surface area contributed by atoms with Crippen LogP contribution in [0.5, 0.6) is 0 Å². The van der Waals surface area contributed by atoms with Gasteiger partial charge in [-0.3, -0.25) is 0 Å². The summed E-state index contributed by atoms with van der Waals surface area (Å²) >= 11 is 0. The van der Waals surface area contributed by atoms with E-state index in [-0.39, 0.29) is 0 Å². The summed E-state index contributed by atoms with van der Waals surface area (Å²) in [7, 11) is 0. The van der Waals surface area contributed by atoms with E-state index in [1.165, 1.54) is 6.33 Å². The topological polar surface area (TPSA) is 64.5 Å². The van der Waals surface area contributed by atoms with Crippen molar-refractivity contribution in [2.75, 3.05) is 0 Å². The lowest BCUT2D eigenvalue weighted by atomic mass is 10.1. The molecule has 0 aliphatic rings. The third-order valence-corrected chi connectivity index (χ3v) is 2.92. The minimum Gasteiger partial charge on any atom is -0.233 e. The molecule has 3 heterocycles. The number of nitrogens with zero attached hydrogens (tertiary/aromatic N) is 5. The number of hydrogen-bond acceptors (Lipinski definition) is 5. The van der Waals surface area contributed by atoms with Gasteiger partial charge < -0.3 is 0 Å². The highest BCUT2D eigenvalue weighted by Gasteiger charge is 2.06. The number of rotatable bonds is 0. The molecule has 0 saturated carbocycles. The number of benzene rings is 1. The molecule has 0 fully saturated rings. The third kappa shape index (κ3) is 1.24. The average Bonchev–Trinajstić information content (AvgIpc) is 2.70. The van der Waals surface area contributed by atoms with Crippen LogP contribution in [0.1, 0.15) is 0 Å². The summed E-state index contributed by atoms with van der Waals surface area (Å²) < 4.78 is 0. The summed E-state index contributed by atoms with van der Waals surface area (Å²) in [5, 5.41) is 10.2. The summed E-state index contributed by atoms with van der Waals surface area (Å²) in [5.74, 6) is 0. The van der Waals surface area contributed by atoms with Crippen molar-refractivity contribution >= 4 is 33.0 Å². The van der Waals surface area contributed by atoms with Crippen LogP contribution in [0.4, 0.5) is 0 Å². The highest BCUT2D eigenvalue weighted by atomic mass is 15.1. The zero-order chi connectivity index (χ0) is 11.9. The molecule has 0 N–H and O–H groups in total. The first kappa shape index (κ1) is 9.35. The van der Waals surface area contributed by atoms with E-state index < -0.39 is 0 Å². The van der Waals surface area contributed by atoms with Gasteiger partial charge in [0.05, 0.1) is 5.52 Å². The van der Waals surface area contributed by atoms with Crippen LogP contribution >= 0.6 is 0 Å². The third-order valence-electron chi connectivity index (χ3n) is 2.92. The molecule has 0 aliphatic carbocycles. The normalized spacial score (nSPS) is 11.3. The highest BCUT2D eigenvalue weighted by Crippen LogP contribution is 2.23. The highest BCUT2D eigenvalue weighted by molar-refractivity contribution is 6.06. The lowest BCUT2D eigenvalue weighted by molar-refractivity contribution is 1.09. The van der Waals surface area contributed by atoms with Gasteiger partial charge in [-0.15, -0.1) is 5.10 Å². The molecule has 0 spiro atoms. The standard InChI is InChI=1S/C13H7N5/c1-2-8-3-4-10-9(12(8)18-16-5-1)6-11-13(17-10)15-7-14-11/h1-7H. The van der Waals surface area contributed by atoms with Crippen molar-refractivity contribution < 1.29 is 0 Å². The fraction of sp³-hybridized carbons (Fsp3) is 0. The Bertz CT molecular complexity index is 888. The van der Waals surface area contributed by atoms with Gasteiger partial charge in [0.25, 0.3) is 0 Å². The number of imidazole rings is 1. The Morgan fingerprint density at radius 3 is 2.94 bits per heavy atom. The monoisotopic (exact) mass is 233 g/mol. The molecule has 3 aromatic heterocycles. The van der Waals surface area contributed by atoms with Gasteiger partial charge in [0.1, 0.15) is 17.4 Å². The first-order chi connectivity index (χ1) is 8.92. The Labute approximate surface area is 102 Å². The molecule has 84 valence electrons. The minimum absolute atomic E-state index is 0.662. The fourth-order valence-electron chi connectivity index (χ4n) is 2.08. The van der Waals surface area contributed by atoms with Gasteiger partial charge in [0.15, 0.2) is 5.65 Å². The van der Waals surface area contributed by atoms with Crippen molar-refractivity contribution in [2.45, 2.75) is 0 Å². The van der Waals surface area contributed by atoms with Crippen molar-refractivity contribution in [3.63, 3.8) is 0 Å². The molecule has 0 aliphatic heterocycles. The SMILES string of the molecule is c1cnnc2c(c1)ccc1nc3ncnc3cc12. The zero-order valence-electron chi connectivity index (χ0n) is 9.28. The van der Waals surface area contributed by atoms with E-state index >= 15 is 0 Å². The largest absolute Gasteiger partial charge is 0.233 e. The van der Waals surface area contributed by atoms with Gasteiger partial charge in [0.2, 0.25) is 0 Å². The Balaban J connectivity index is 2.30. The summed E-state index contributed by atoms with van der Waals surface area (Å²) in [6, 6.07) is 9.77. The van der Waals surface area contributed by atoms with Crippen molar-refractivity contribution in [1.82, 2.24) is 25.1 Å². The van der Waals surface area contributed by atoms with Crippen molar-refractivity contribution in [2.24, 2.45) is 0 Å². The second-order valence-corrected chi connectivity index (χ2v) is 4.00. The molecule has 18 heavy (non-hydrogen) atoms. The fourth-order valence-corrected chi connectivity index (χ4v) is 2.08. The number of hydrogen-bond donors (Lipinski definition) is 0. The molecule has 5 heteroatoms. The molecule has 4 aromatic rings. The Morgan fingerprint density at radius 2 is 1.94 bits per heavy atom. The second kappa shape index (κ2) is 3.40. The van der Waals surface area contributed by atoms with Gasteiger partial charge in [-0.2, -0.15) is 5.10 Å². The van der Waals surface area contributed by atoms with E-state index in [0.29, 0.717) is 5.65 Å². The zero-order valence-corrected chi connectivity index (χ0v) is 9.28. The van der Waals surface area contributed by atoms with Gasteiger partial charge >= 0.3 is 0 Å². The van der Waals surface area contributed by atoms with Gasteiger partial charge in [-0.05, 0) is 18.2 Å². The molecule has 1 aromatic carbocycles. The van der Waals surface area contributed by atoms with Crippen LogP contribution in [-0.2, 0) is 0 Å². The van der Waals surface area contributed by atoms with Crippen LogP contribution in [0.3, 0.4) is 0 Å². The smallest absolute Gasteiger partial charge is 0.180 e. The first-order valence-electron chi connectivity index (χ1n) is 5.54. The molecule has 0 radical (unpaired) electrons. The van der Waals surface area contributed by atoms with Crippen LogP contribution in [-0.4, -0.2) is 25.1 Å². The maximum atomic E-state index is 4.47. The van der Waals surface area contributed by atoms with Crippen LogP contribution in [0.2, 0.25) is 0 Å². The molecule has 0 saturated heterocycles. The van der Waals surface area contributed by atoms with Crippen molar-refractivity contribution in [3.8, 4) is 0 Å². The maximum Gasteiger partial charge on any atom is 0.180 e. The van der Waals surface area contributed by atoms with Crippen molar-refractivity contribution in [3.05, 3.63) is 42.9 Å². The van der Waals surface area contributed by atoms with Gasteiger partial charge in [0, 0.05) is 17.0 Å². The van der Waals surface area contributed by atoms with E-state index in [9.17, 15) is 0 Å². The second-order valence-electron chi connectivity index (χ2n) is 4.00. The number of pyridine rings is 1. The predicted molar refractivity (Wildman–Crippen MR) is 67.9 cm³/mol. The van der Waals surface area contributed by atoms with Crippen LogP contribution in [0.15, 0.2) is 42.9 Å². The Hall–Kier alpha value is -2.69. The first-order valence-corrected chi connectivity index (χ1v) is 5.54. The van der Waals surface area contributed by atoms with Crippen LogP contribution in [0.25, 0.3) is 33.0 Å².